The average Bonchev–Trinajstić information content (AvgIpc) is 2.70. The number of benzene rings is 1. The fraction of sp³-hybridized carbons (Fsp3) is 0.368. The third-order valence-electron chi connectivity index (χ3n) is 4.51. The first-order valence-corrected chi connectivity index (χ1v) is 9.68. The van der Waals surface area contributed by atoms with Crippen LogP contribution in [0.15, 0.2) is 36.7 Å². The number of aromatic nitrogens is 2. The van der Waals surface area contributed by atoms with Gasteiger partial charge in [-0.05, 0) is 44.0 Å². The number of halogens is 2. The van der Waals surface area contributed by atoms with Gasteiger partial charge < -0.3 is 15.0 Å². The van der Waals surface area contributed by atoms with Gasteiger partial charge in [-0.2, -0.15) is 0 Å². The number of amides is 1. The third-order valence-corrected chi connectivity index (χ3v) is 5.06. The Labute approximate surface area is 173 Å². The average molecular weight is 423 g/mol. The zero-order valence-electron chi connectivity index (χ0n) is 15.3. The van der Waals surface area contributed by atoms with E-state index in [4.69, 9.17) is 27.9 Å². The van der Waals surface area contributed by atoms with Crippen LogP contribution in [0.4, 0.5) is 11.6 Å². The van der Waals surface area contributed by atoms with E-state index in [-0.39, 0.29) is 11.9 Å². The van der Waals surface area contributed by atoms with Gasteiger partial charge >= 0.3 is 5.97 Å². The minimum atomic E-state index is -0.935. The summed E-state index contributed by atoms with van der Waals surface area (Å²) in [4.78, 5) is 35.2. The van der Waals surface area contributed by atoms with Gasteiger partial charge in [-0.3, -0.25) is 9.59 Å². The number of anilines is 2. The van der Waals surface area contributed by atoms with E-state index >= 15 is 0 Å². The Bertz CT molecular complexity index is 842. The largest absolute Gasteiger partial charge is 0.452 e. The molecule has 1 aromatic carbocycles. The molecular weight excluding hydrogens is 403 g/mol. The van der Waals surface area contributed by atoms with E-state index in [9.17, 15) is 9.59 Å². The molecule has 1 aliphatic rings. The fourth-order valence-electron chi connectivity index (χ4n) is 2.92. The number of carbonyl (C=O) groups is 2. The highest BCUT2D eigenvalue weighted by atomic mass is 35.5. The molecule has 1 aliphatic heterocycles. The van der Waals surface area contributed by atoms with Crippen LogP contribution >= 0.6 is 23.2 Å². The molecule has 1 N–H and O–H groups in total. The lowest BCUT2D eigenvalue weighted by molar-refractivity contribution is -0.157. The van der Waals surface area contributed by atoms with E-state index in [0.717, 1.165) is 0 Å². The third kappa shape index (κ3) is 5.11. The molecule has 1 aromatic heterocycles. The number of ether oxygens (including phenoxy) is 1. The summed E-state index contributed by atoms with van der Waals surface area (Å²) >= 11 is 11.9. The summed E-state index contributed by atoms with van der Waals surface area (Å²) in [7, 11) is 0. The molecule has 28 heavy (non-hydrogen) atoms. The van der Waals surface area contributed by atoms with Gasteiger partial charge in [-0.1, -0.05) is 23.2 Å². The Morgan fingerprint density at radius 3 is 2.54 bits per heavy atom. The van der Waals surface area contributed by atoms with Gasteiger partial charge in [0.25, 0.3) is 5.91 Å². The summed E-state index contributed by atoms with van der Waals surface area (Å²) in [6.45, 7) is 2.85. The second-order valence-corrected chi connectivity index (χ2v) is 7.35. The van der Waals surface area contributed by atoms with Crippen LogP contribution in [0.2, 0.25) is 10.0 Å². The summed E-state index contributed by atoms with van der Waals surface area (Å²) in [6.07, 6.45) is 3.68. The standard InChI is InChI=1S/C19H20Cl2N4O3/c1-12(17(26)24-16-4-3-14(20)11-15(16)21)28-18(27)13-5-9-25(10-6-13)19-22-7-2-8-23-19/h2-4,7-8,11-13H,5-6,9-10H2,1H3,(H,24,26). The van der Waals surface area contributed by atoms with E-state index in [1.54, 1.807) is 30.6 Å². The van der Waals surface area contributed by atoms with E-state index in [1.165, 1.54) is 13.0 Å². The number of nitrogens with one attached hydrogen (secondary N) is 1. The molecule has 2 heterocycles. The molecule has 1 atom stereocenters. The van der Waals surface area contributed by atoms with Crippen LogP contribution in [0.1, 0.15) is 19.8 Å². The molecule has 0 bridgehead atoms. The second-order valence-electron chi connectivity index (χ2n) is 6.50. The van der Waals surface area contributed by atoms with Crippen molar-refractivity contribution in [2.45, 2.75) is 25.9 Å². The molecule has 9 heteroatoms. The second kappa shape index (κ2) is 9.21. The SMILES string of the molecule is CC(OC(=O)C1CCN(c2ncccn2)CC1)C(=O)Nc1ccc(Cl)cc1Cl. The molecule has 0 aliphatic carbocycles. The highest BCUT2D eigenvalue weighted by Gasteiger charge is 2.29. The van der Waals surface area contributed by atoms with Gasteiger partial charge in [-0.25, -0.2) is 9.97 Å². The van der Waals surface area contributed by atoms with Gasteiger partial charge in [0.05, 0.1) is 16.6 Å². The highest BCUT2D eigenvalue weighted by molar-refractivity contribution is 6.36. The topological polar surface area (TPSA) is 84.4 Å². The van der Waals surface area contributed by atoms with Crippen molar-refractivity contribution in [2.75, 3.05) is 23.3 Å². The quantitative estimate of drug-likeness (QED) is 0.741. The van der Waals surface area contributed by atoms with Crippen molar-refractivity contribution < 1.29 is 14.3 Å². The van der Waals surface area contributed by atoms with Crippen molar-refractivity contribution >= 4 is 46.7 Å². The smallest absolute Gasteiger partial charge is 0.309 e. The molecule has 1 amide bonds. The number of esters is 1. The minimum absolute atomic E-state index is 0.255. The van der Waals surface area contributed by atoms with Gasteiger partial charge in [0, 0.05) is 30.5 Å². The Hall–Kier alpha value is -2.38. The summed E-state index contributed by atoms with van der Waals surface area (Å²) in [5, 5.41) is 3.42. The summed E-state index contributed by atoms with van der Waals surface area (Å²) < 4.78 is 5.36. The summed E-state index contributed by atoms with van der Waals surface area (Å²) in [5.41, 5.74) is 0.412. The first-order chi connectivity index (χ1) is 13.4. The fourth-order valence-corrected chi connectivity index (χ4v) is 3.37. The van der Waals surface area contributed by atoms with E-state index in [0.29, 0.717) is 47.6 Å². The number of nitrogens with zero attached hydrogens (tertiary/aromatic N) is 3. The number of piperidine rings is 1. The molecule has 0 spiro atoms. The number of hydrogen-bond donors (Lipinski definition) is 1. The molecular formula is C19H20Cl2N4O3. The molecule has 0 radical (unpaired) electrons. The summed E-state index contributed by atoms with van der Waals surface area (Å²) in [6, 6.07) is 6.50. The van der Waals surface area contributed by atoms with Crippen LogP contribution in [-0.4, -0.2) is 41.0 Å². The molecule has 3 rings (SSSR count). The molecule has 1 fully saturated rings. The van der Waals surface area contributed by atoms with Gasteiger partial charge in [0.1, 0.15) is 0 Å². The Balaban J connectivity index is 1.49. The number of carbonyl (C=O) groups excluding carboxylic acids is 2. The van der Waals surface area contributed by atoms with Gasteiger partial charge in [0.2, 0.25) is 5.95 Å². The Morgan fingerprint density at radius 1 is 1.21 bits per heavy atom. The lowest BCUT2D eigenvalue weighted by atomic mass is 9.97. The Kier molecular flexibility index (Phi) is 6.70. The molecule has 7 nitrogen and oxygen atoms in total. The van der Waals surface area contributed by atoms with Crippen molar-refractivity contribution in [1.82, 2.24) is 9.97 Å². The number of hydrogen-bond acceptors (Lipinski definition) is 6. The summed E-state index contributed by atoms with van der Waals surface area (Å²) in [5.74, 6) is -0.428. The van der Waals surface area contributed by atoms with Crippen molar-refractivity contribution in [1.29, 1.82) is 0 Å². The lowest BCUT2D eigenvalue weighted by Crippen LogP contribution is -2.39. The van der Waals surface area contributed by atoms with E-state index in [1.807, 2.05) is 4.90 Å². The maximum absolute atomic E-state index is 12.4. The van der Waals surface area contributed by atoms with E-state index in [2.05, 4.69) is 15.3 Å². The van der Waals surface area contributed by atoms with Crippen LogP contribution in [0.3, 0.4) is 0 Å². The molecule has 0 saturated carbocycles. The van der Waals surface area contributed by atoms with Gasteiger partial charge in [0.15, 0.2) is 6.10 Å². The zero-order chi connectivity index (χ0) is 20.1. The monoisotopic (exact) mass is 422 g/mol. The van der Waals surface area contributed by atoms with Crippen LogP contribution in [-0.2, 0) is 14.3 Å². The molecule has 1 saturated heterocycles. The predicted octanol–water partition coefficient (Wildman–Crippen LogP) is 3.57. The van der Waals surface area contributed by atoms with Crippen molar-refractivity contribution in [3.63, 3.8) is 0 Å². The molecule has 1 unspecified atom stereocenters. The normalized spacial score (nSPS) is 15.8. The van der Waals surface area contributed by atoms with Crippen LogP contribution in [0.5, 0.6) is 0 Å². The van der Waals surface area contributed by atoms with Crippen molar-refractivity contribution in [2.24, 2.45) is 5.92 Å². The van der Waals surface area contributed by atoms with Crippen molar-refractivity contribution in [3.05, 3.63) is 46.7 Å². The minimum Gasteiger partial charge on any atom is -0.452 e. The first-order valence-electron chi connectivity index (χ1n) is 8.92. The maximum Gasteiger partial charge on any atom is 0.309 e. The Morgan fingerprint density at radius 2 is 1.89 bits per heavy atom. The number of rotatable bonds is 5. The molecule has 2 aromatic rings. The van der Waals surface area contributed by atoms with Crippen molar-refractivity contribution in [3.8, 4) is 0 Å². The van der Waals surface area contributed by atoms with Gasteiger partial charge in [-0.15, -0.1) is 0 Å². The van der Waals surface area contributed by atoms with E-state index < -0.39 is 12.0 Å². The zero-order valence-corrected chi connectivity index (χ0v) is 16.8. The van der Waals surface area contributed by atoms with Crippen LogP contribution in [0.25, 0.3) is 0 Å². The predicted molar refractivity (Wildman–Crippen MR) is 108 cm³/mol. The molecule has 148 valence electrons. The van der Waals surface area contributed by atoms with Crippen LogP contribution < -0.4 is 10.2 Å². The lowest BCUT2D eigenvalue weighted by Gasteiger charge is -2.31. The first kappa shape index (κ1) is 20.4. The van der Waals surface area contributed by atoms with Crippen LogP contribution in [0, 0.1) is 5.92 Å². The maximum atomic E-state index is 12.4. The highest BCUT2D eigenvalue weighted by Crippen LogP contribution is 2.26.